The Balaban J connectivity index is 1.66. The van der Waals surface area contributed by atoms with Crippen LogP contribution in [0.4, 0.5) is 4.39 Å². The average molecular weight is 370 g/mol. The number of nitrogens with zero attached hydrogens (tertiary/aromatic N) is 1. The number of quaternary nitrogens is 1. The van der Waals surface area contributed by atoms with Gasteiger partial charge in [-0.05, 0) is 24.3 Å². The summed E-state index contributed by atoms with van der Waals surface area (Å²) in [5, 5.41) is 0.243. The van der Waals surface area contributed by atoms with E-state index in [2.05, 4.69) is 0 Å². The molecule has 0 radical (unpaired) electrons. The zero-order valence-electron chi connectivity index (χ0n) is 13.1. The summed E-state index contributed by atoms with van der Waals surface area (Å²) in [6.45, 7) is 2.91. The Morgan fingerprint density at radius 2 is 1.79 bits per heavy atom. The van der Waals surface area contributed by atoms with E-state index >= 15 is 0 Å². The van der Waals surface area contributed by atoms with E-state index < -0.39 is 10.0 Å². The molecule has 0 spiro atoms. The molecule has 1 aliphatic rings. The molecule has 0 atom stereocenters. The first-order valence-electron chi connectivity index (χ1n) is 7.79. The summed E-state index contributed by atoms with van der Waals surface area (Å²) in [4.78, 5) is 1.39. The molecule has 1 aliphatic heterocycles. The van der Waals surface area contributed by atoms with Gasteiger partial charge in [0.1, 0.15) is 17.3 Å². The van der Waals surface area contributed by atoms with Crippen molar-refractivity contribution in [2.45, 2.75) is 11.4 Å². The summed E-state index contributed by atoms with van der Waals surface area (Å²) in [7, 11) is -3.57. The minimum Gasteiger partial charge on any atom is -0.329 e. The summed E-state index contributed by atoms with van der Waals surface area (Å²) >= 11 is 6.03. The van der Waals surface area contributed by atoms with Crippen molar-refractivity contribution in [1.82, 2.24) is 4.31 Å². The quantitative estimate of drug-likeness (QED) is 0.888. The van der Waals surface area contributed by atoms with Crippen LogP contribution in [0.3, 0.4) is 0 Å². The minimum atomic E-state index is -3.57. The van der Waals surface area contributed by atoms with E-state index in [1.807, 2.05) is 6.07 Å². The number of nitrogens with one attached hydrogen (secondary N) is 1. The first-order chi connectivity index (χ1) is 11.5. The van der Waals surface area contributed by atoms with E-state index in [0.717, 1.165) is 5.56 Å². The van der Waals surface area contributed by atoms with Crippen molar-refractivity contribution >= 4 is 21.6 Å². The van der Waals surface area contributed by atoms with Crippen molar-refractivity contribution in [3.63, 3.8) is 0 Å². The molecule has 0 unspecified atom stereocenters. The maximum absolute atomic E-state index is 13.3. The summed E-state index contributed by atoms with van der Waals surface area (Å²) in [5.74, 6) is -0.244. The van der Waals surface area contributed by atoms with E-state index in [9.17, 15) is 12.8 Å². The number of sulfonamides is 1. The van der Waals surface area contributed by atoms with Crippen LogP contribution >= 0.6 is 11.6 Å². The minimum absolute atomic E-state index is 0.153. The Labute approximate surface area is 146 Å². The van der Waals surface area contributed by atoms with Crippen molar-refractivity contribution in [3.8, 4) is 0 Å². The Morgan fingerprint density at radius 1 is 1.08 bits per heavy atom. The first-order valence-corrected chi connectivity index (χ1v) is 9.61. The highest BCUT2D eigenvalue weighted by atomic mass is 35.5. The maximum atomic E-state index is 13.3. The molecule has 0 aromatic heterocycles. The molecule has 24 heavy (non-hydrogen) atoms. The Bertz CT molecular complexity index is 821. The van der Waals surface area contributed by atoms with Gasteiger partial charge in [-0.15, -0.1) is 0 Å². The van der Waals surface area contributed by atoms with Crippen LogP contribution in [0.1, 0.15) is 5.56 Å². The molecular weight excluding hydrogens is 351 g/mol. The van der Waals surface area contributed by atoms with Crippen LogP contribution in [0.25, 0.3) is 0 Å². The second-order valence-electron chi connectivity index (χ2n) is 5.89. The van der Waals surface area contributed by atoms with Crippen molar-refractivity contribution in [2.24, 2.45) is 0 Å². The lowest BCUT2D eigenvalue weighted by atomic mass is 10.2. The molecular formula is C17H19ClFN2O2S+. The van der Waals surface area contributed by atoms with Crippen LogP contribution in [0.2, 0.25) is 5.02 Å². The number of benzene rings is 2. The molecule has 1 saturated heterocycles. The topological polar surface area (TPSA) is 41.8 Å². The molecule has 0 saturated carbocycles. The van der Waals surface area contributed by atoms with E-state index in [1.165, 1.54) is 27.4 Å². The van der Waals surface area contributed by atoms with E-state index in [1.54, 1.807) is 24.3 Å². The largest absolute Gasteiger partial charge is 0.329 e. The third kappa shape index (κ3) is 3.78. The molecule has 1 heterocycles. The van der Waals surface area contributed by atoms with Crippen LogP contribution < -0.4 is 4.90 Å². The Morgan fingerprint density at radius 3 is 2.46 bits per heavy atom. The molecule has 1 fully saturated rings. The van der Waals surface area contributed by atoms with Gasteiger partial charge in [-0.25, -0.2) is 12.8 Å². The monoisotopic (exact) mass is 369 g/mol. The van der Waals surface area contributed by atoms with Gasteiger partial charge < -0.3 is 4.90 Å². The first kappa shape index (κ1) is 17.4. The second-order valence-corrected chi connectivity index (χ2v) is 8.20. The number of rotatable bonds is 4. The van der Waals surface area contributed by atoms with E-state index in [0.29, 0.717) is 32.7 Å². The van der Waals surface area contributed by atoms with Crippen LogP contribution in [0, 0.1) is 5.82 Å². The van der Waals surface area contributed by atoms with E-state index in [-0.39, 0.29) is 15.7 Å². The van der Waals surface area contributed by atoms with Crippen LogP contribution in [-0.4, -0.2) is 38.9 Å². The molecule has 7 heteroatoms. The normalized spacial score (nSPS) is 17.1. The number of hydrogen-bond acceptors (Lipinski definition) is 2. The van der Waals surface area contributed by atoms with Gasteiger partial charge in [0.05, 0.1) is 31.2 Å². The molecule has 0 bridgehead atoms. The molecule has 3 rings (SSSR count). The highest BCUT2D eigenvalue weighted by Gasteiger charge is 2.31. The fraction of sp³-hybridized carbons (Fsp3) is 0.294. The Kier molecular flexibility index (Phi) is 5.20. The lowest BCUT2D eigenvalue weighted by Gasteiger charge is -2.31. The molecule has 128 valence electrons. The average Bonchev–Trinajstić information content (AvgIpc) is 2.55. The zero-order chi connectivity index (χ0) is 17.2. The fourth-order valence-electron chi connectivity index (χ4n) is 2.95. The second kappa shape index (κ2) is 7.19. The van der Waals surface area contributed by atoms with Gasteiger partial charge in [0, 0.05) is 5.56 Å². The van der Waals surface area contributed by atoms with Crippen LogP contribution in [0.5, 0.6) is 0 Å². The van der Waals surface area contributed by atoms with Crippen molar-refractivity contribution < 1.29 is 17.7 Å². The number of halogens is 2. The van der Waals surface area contributed by atoms with Crippen LogP contribution in [0.15, 0.2) is 53.4 Å². The summed E-state index contributed by atoms with van der Waals surface area (Å²) in [6.07, 6.45) is 0. The Hall–Kier alpha value is -1.47. The van der Waals surface area contributed by atoms with Gasteiger partial charge in [0.2, 0.25) is 10.0 Å². The molecule has 2 aromatic carbocycles. The standard InChI is InChI=1S/C17H18ClFN2O2S/c18-16-6-1-2-7-17(16)24(22,23)21-10-8-20(9-11-21)13-14-4-3-5-15(19)12-14/h1-7,12H,8-11,13H2/p+1. The van der Waals surface area contributed by atoms with Crippen molar-refractivity contribution in [3.05, 3.63) is 64.9 Å². The van der Waals surface area contributed by atoms with Gasteiger partial charge in [-0.1, -0.05) is 35.9 Å². The van der Waals surface area contributed by atoms with Gasteiger partial charge >= 0.3 is 0 Å². The van der Waals surface area contributed by atoms with Crippen molar-refractivity contribution in [2.75, 3.05) is 26.2 Å². The van der Waals surface area contributed by atoms with E-state index in [4.69, 9.17) is 11.6 Å². The summed E-state index contributed by atoms with van der Waals surface area (Å²) in [5.41, 5.74) is 0.924. The summed E-state index contributed by atoms with van der Waals surface area (Å²) in [6, 6.07) is 13.0. The third-order valence-electron chi connectivity index (χ3n) is 4.23. The maximum Gasteiger partial charge on any atom is 0.244 e. The molecule has 4 nitrogen and oxygen atoms in total. The van der Waals surface area contributed by atoms with Gasteiger partial charge in [0.15, 0.2) is 0 Å². The lowest BCUT2D eigenvalue weighted by molar-refractivity contribution is -0.917. The fourth-order valence-corrected chi connectivity index (χ4v) is 4.88. The molecule has 0 aliphatic carbocycles. The molecule has 1 N–H and O–H groups in total. The molecule has 0 amide bonds. The van der Waals surface area contributed by atoms with Gasteiger partial charge in [0.25, 0.3) is 0 Å². The lowest BCUT2D eigenvalue weighted by Crippen LogP contribution is -3.13. The SMILES string of the molecule is O=S(=O)(c1ccccc1Cl)N1CC[NH+](Cc2cccc(F)c2)CC1. The highest BCUT2D eigenvalue weighted by molar-refractivity contribution is 7.89. The molecule has 2 aromatic rings. The van der Waals surface area contributed by atoms with Crippen molar-refractivity contribution in [1.29, 1.82) is 0 Å². The predicted octanol–water partition coefficient (Wildman–Crippen LogP) is 1.57. The predicted molar refractivity (Wildman–Crippen MR) is 91.0 cm³/mol. The number of hydrogen-bond donors (Lipinski definition) is 1. The third-order valence-corrected chi connectivity index (χ3v) is 6.63. The van der Waals surface area contributed by atoms with Gasteiger partial charge in [-0.3, -0.25) is 0 Å². The number of piperazine rings is 1. The van der Waals surface area contributed by atoms with Crippen LogP contribution in [-0.2, 0) is 16.6 Å². The zero-order valence-corrected chi connectivity index (χ0v) is 14.7. The van der Waals surface area contributed by atoms with Gasteiger partial charge in [-0.2, -0.15) is 4.31 Å². The smallest absolute Gasteiger partial charge is 0.244 e. The highest BCUT2D eigenvalue weighted by Crippen LogP contribution is 2.24. The summed E-state index contributed by atoms with van der Waals surface area (Å²) < 4.78 is 40.1.